The van der Waals surface area contributed by atoms with E-state index in [1.54, 1.807) is 6.20 Å². The number of hydrogen-bond donors (Lipinski definition) is 0. The van der Waals surface area contributed by atoms with E-state index in [9.17, 15) is 4.79 Å². The van der Waals surface area contributed by atoms with Crippen molar-refractivity contribution in [2.75, 3.05) is 13.1 Å². The van der Waals surface area contributed by atoms with Crippen LogP contribution in [0.2, 0.25) is 0 Å². The molecule has 1 atom stereocenters. The quantitative estimate of drug-likeness (QED) is 0.851. The van der Waals surface area contributed by atoms with E-state index >= 15 is 0 Å². The van der Waals surface area contributed by atoms with Gasteiger partial charge in [-0.1, -0.05) is 27.2 Å². The minimum atomic E-state index is 0.0731. The fourth-order valence-corrected chi connectivity index (χ4v) is 2.76. The van der Waals surface area contributed by atoms with Crippen molar-refractivity contribution in [3.05, 3.63) is 46.7 Å². The summed E-state index contributed by atoms with van der Waals surface area (Å²) in [6, 6.07) is 7.72. The van der Waals surface area contributed by atoms with Crippen LogP contribution in [-0.4, -0.2) is 38.9 Å². The summed E-state index contributed by atoms with van der Waals surface area (Å²) < 4.78 is 2.75. The molecule has 0 saturated carbocycles. The van der Waals surface area contributed by atoms with Gasteiger partial charge in [0.05, 0.1) is 12.2 Å². The lowest BCUT2D eigenvalue weighted by Crippen LogP contribution is -2.29. The van der Waals surface area contributed by atoms with Crippen LogP contribution in [0.1, 0.15) is 22.8 Å². The predicted octanol–water partition coefficient (Wildman–Crippen LogP) is 2.13. The standard InChI is InChI=1S/C13H13BrN4O/c14-11-3-1-2-10(8-11)13(19)17-6-4-12(9-17)18-7-5-15-16-18/h1-3,5,7-8,12H,4,6,9H2/t12-/m0/s1. The summed E-state index contributed by atoms with van der Waals surface area (Å²) in [4.78, 5) is 14.2. The zero-order valence-corrected chi connectivity index (χ0v) is 11.8. The van der Waals surface area contributed by atoms with Gasteiger partial charge in [0.15, 0.2) is 0 Å². The van der Waals surface area contributed by atoms with Crippen molar-refractivity contribution >= 4 is 21.8 Å². The summed E-state index contributed by atoms with van der Waals surface area (Å²) in [5.74, 6) is 0.0731. The molecule has 0 spiro atoms. The SMILES string of the molecule is O=C(c1cccc(Br)c1)N1CC[C@H](n2ccnn2)C1. The second-order valence-electron chi connectivity index (χ2n) is 4.59. The van der Waals surface area contributed by atoms with Gasteiger partial charge in [-0.25, -0.2) is 4.68 Å². The summed E-state index contributed by atoms with van der Waals surface area (Å²) in [6.07, 6.45) is 4.43. The van der Waals surface area contributed by atoms with E-state index in [0.717, 1.165) is 17.4 Å². The van der Waals surface area contributed by atoms with Crippen LogP contribution in [0.5, 0.6) is 0 Å². The molecule has 1 aliphatic rings. The molecule has 2 heterocycles. The molecule has 1 fully saturated rings. The summed E-state index contributed by atoms with van der Waals surface area (Å²) >= 11 is 3.39. The smallest absolute Gasteiger partial charge is 0.253 e. The van der Waals surface area contributed by atoms with E-state index < -0.39 is 0 Å². The molecule has 0 bridgehead atoms. The lowest BCUT2D eigenvalue weighted by molar-refractivity contribution is 0.0787. The van der Waals surface area contributed by atoms with Crippen LogP contribution in [-0.2, 0) is 0 Å². The molecule has 1 aromatic heterocycles. The third kappa shape index (κ3) is 2.53. The summed E-state index contributed by atoms with van der Waals surface area (Å²) in [5, 5.41) is 7.81. The molecule has 1 amide bonds. The van der Waals surface area contributed by atoms with E-state index in [-0.39, 0.29) is 11.9 Å². The number of hydrogen-bond acceptors (Lipinski definition) is 3. The van der Waals surface area contributed by atoms with E-state index in [1.165, 1.54) is 0 Å². The maximum atomic E-state index is 12.4. The number of carbonyl (C=O) groups excluding carboxylic acids is 1. The van der Waals surface area contributed by atoms with Crippen LogP contribution >= 0.6 is 15.9 Å². The van der Waals surface area contributed by atoms with Crippen molar-refractivity contribution in [2.24, 2.45) is 0 Å². The molecule has 0 unspecified atom stereocenters. The van der Waals surface area contributed by atoms with Gasteiger partial charge in [0, 0.05) is 29.3 Å². The third-order valence-electron chi connectivity index (χ3n) is 3.34. The molecule has 5 nitrogen and oxygen atoms in total. The number of carbonyl (C=O) groups is 1. The first-order chi connectivity index (χ1) is 9.24. The first kappa shape index (κ1) is 12.3. The molecule has 0 radical (unpaired) electrons. The predicted molar refractivity (Wildman–Crippen MR) is 73.7 cm³/mol. The van der Waals surface area contributed by atoms with Crippen LogP contribution in [0.4, 0.5) is 0 Å². The molecule has 1 aromatic carbocycles. The van der Waals surface area contributed by atoms with Crippen LogP contribution < -0.4 is 0 Å². The highest BCUT2D eigenvalue weighted by Crippen LogP contribution is 2.23. The van der Waals surface area contributed by atoms with Crippen molar-refractivity contribution in [2.45, 2.75) is 12.5 Å². The maximum absolute atomic E-state index is 12.4. The highest BCUT2D eigenvalue weighted by molar-refractivity contribution is 9.10. The third-order valence-corrected chi connectivity index (χ3v) is 3.83. The first-order valence-electron chi connectivity index (χ1n) is 6.14. The van der Waals surface area contributed by atoms with Gasteiger partial charge in [0.2, 0.25) is 0 Å². The van der Waals surface area contributed by atoms with Crippen LogP contribution in [0.25, 0.3) is 0 Å². The zero-order valence-electron chi connectivity index (χ0n) is 10.2. The highest BCUT2D eigenvalue weighted by Gasteiger charge is 2.28. The van der Waals surface area contributed by atoms with Gasteiger partial charge >= 0.3 is 0 Å². The van der Waals surface area contributed by atoms with Gasteiger partial charge in [-0.05, 0) is 24.6 Å². The maximum Gasteiger partial charge on any atom is 0.253 e. The van der Waals surface area contributed by atoms with Gasteiger partial charge in [-0.15, -0.1) is 5.10 Å². The molecule has 1 saturated heterocycles. The fourth-order valence-electron chi connectivity index (χ4n) is 2.36. The Hall–Kier alpha value is -1.69. The second kappa shape index (κ2) is 5.13. The topological polar surface area (TPSA) is 51.0 Å². The molecular formula is C13H13BrN4O. The minimum Gasteiger partial charge on any atom is -0.336 e. The average molecular weight is 321 g/mol. The number of aromatic nitrogens is 3. The Labute approximate surface area is 119 Å². The van der Waals surface area contributed by atoms with Crippen molar-refractivity contribution in [1.29, 1.82) is 0 Å². The normalized spacial score (nSPS) is 18.8. The average Bonchev–Trinajstić information content (AvgIpc) is 3.08. The Morgan fingerprint density at radius 1 is 1.42 bits per heavy atom. The zero-order chi connectivity index (χ0) is 13.2. The largest absolute Gasteiger partial charge is 0.336 e. The first-order valence-corrected chi connectivity index (χ1v) is 6.94. The molecule has 0 aliphatic carbocycles. The number of benzene rings is 1. The molecule has 6 heteroatoms. The lowest BCUT2D eigenvalue weighted by atomic mass is 10.2. The second-order valence-corrected chi connectivity index (χ2v) is 5.50. The number of nitrogens with zero attached hydrogens (tertiary/aromatic N) is 4. The van der Waals surface area contributed by atoms with Gasteiger partial charge in [-0.3, -0.25) is 4.79 Å². The minimum absolute atomic E-state index is 0.0731. The van der Waals surface area contributed by atoms with Crippen molar-refractivity contribution < 1.29 is 4.79 Å². The molecule has 2 aromatic rings. The monoisotopic (exact) mass is 320 g/mol. The molecule has 19 heavy (non-hydrogen) atoms. The van der Waals surface area contributed by atoms with Gasteiger partial charge in [-0.2, -0.15) is 0 Å². The number of rotatable bonds is 2. The Kier molecular flexibility index (Phi) is 3.33. The van der Waals surface area contributed by atoms with Crippen LogP contribution in [0.3, 0.4) is 0 Å². The summed E-state index contributed by atoms with van der Waals surface area (Å²) in [7, 11) is 0. The summed E-state index contributed by atoms with van der Waals surface area (Å²) in [5.41, 5.74) is 0.716. The molecular weight excluding hydrogens is 308 g/mol. The fraction of sp³-hybridized carbons (Fsp3) is 0.308. The lowest BCUT2D eigenvalue weighted by Gasteiger charge is -2.16. The molecule has 0 N–H and O–H groups in total. The van der Waals surface area contributed by atoms with E-state index in [0.29, 0.717) is 12.1 Å². The van der Waals surface area contributed by atoms with Gasteiger partial charge in [0.25, 0.3) is 5.91 Å². The van der Waals surface area contributed by atoms with Gasteiger partial charge in [0.1, 0.15) is 0 Å². The Morgan fingerprint density at radius 2 is 2.32 bits per heavy atom. The highest BCUT2D eigenvalue weighted by atomic mass is 79.9. The Bertz CT molecular complexity index is 584. The molecule has 1 aliphatic heterocycles. The molecule has 98 valence electrons. The Morgan fingerprint density at radius 3 is 3.05 bits per heavy atom. The summed E-state index contributed by atoms with van der Waals surface area (Å²) in [6.45, 7) is 1.45. The van der Waals surface area contributed by atoms with Crippen molar-refractivity contribution in [3.63, 3.8) is 0 Å². The Balaban J connectivity index is 1.73. The number of amides is 1. The van der Waals surface area contributed by atoms with Crippen molar-refractivity contribution in [1.82, 2.24) is 19.9 Å². The van der Waals surface area contributed by atoms with E-state index in [2.05, 4.69) is 26.2 Å². The van der Waals surface area contributed by atoms with Crippen LogP contribution in [0.15, 0.2) is 41.1 Å². The van der Waals surface area contributed by atoms with Crippen LogP contribution in [0, 0.1) is 0 Å². The molecule has 3 rings (SSSR count). The number of likely N-dealkylation sites (tertiary alicyclic amines) is 1. The number of halogens is 1. The van der Waals surface area contributed by atoms with Gasteiger partial charge < -0.3 is 4.90 Å². The van der Waals surface area contributed by atoms with Crippen molar-refractivity contribution in [3.8, 4) is 0 Å². The van der Waals surface area contributed by atoms with E-state index in [4.69, 9.17) is 0 Å². The van der Waals surface area contributed by atoms with E-state index in [1.807, 2.05) is 40.0 Å².